The van der Waals surface area contributed by atoms with E-state index in [2.05, 4.69) is 5.32 Å². The second-order valence-electron chi connectivity index (χ2n) is 3.78. The van der Waals surface area contributed by atoms with Gasteiger partial charge in [-0.2, -0.15) is 0 Å². The molecule has 2 rings (SSSR count). The number of nitrogens with one attached hydrogen (secondary N) is 1. The van der Waals surface area contributed by atoms with Gasteiger partial charge in [0.15, 0.2) is 0 Å². The van der Waals surface area contributed by atoms with Crippen molar-refractivity contribution in [3.63, 3.8) is 0 Å². The highest BCUT2D eigenvalue weighted by Crippen LogP contribution is 2.03. The Morgan fingerprint density at radius 3 is 2.53 bits per heavy atom. The van der Waals surface area contributed by atoms with Crippen molar-refractivity contribution in [2.24, 2.45) is 0 Å². The summed E-state index contributed by atoms with van der Waals surface area (Å²) in [6.45, 7) is 3.51. The third-order valence-electron chi connectivity index (χ3n) is 2.58. The van der Waals surface area contributed by atoms with E-state index in [0.29, 0.717) is 6.61 Å². The molecular formula is C12H17BrN2O2. The molecule has 0 atom stereocenters. The molecule has 0 unspecified atom stereocenters. The fraction of sp³-hybridized carbons (Fsp3) is 0.417. The lowest BCUT2D eigenvalue weighted by atomic mass is 10.2. The quantitative estimate of drug-likeness (QED) is 0.906. The normalized spacial score (nSPS) is 14.9. The molecule has 1 aliphatic heterocycles. The first-order valence-electron chi connectivity index (χ1n) is 5.52. The Balaban J connectivity index is 0.00000144. The topological polar surface area (TPSA) is 41.6 Å². The predicted octanol–water partition coefficient (Wildman–Crippen LogP) is 1.81. The molecule has 0 bridgehead atoms. The molecule has 1 heterocycles. The van der Waals surface area contributed by atoms with E-state index in [1.54, 1.807) is 4.90 Å². The van der Waals surface area contributed by atoms with E-state index in [1.165, 1.54) is 0 Å². The van der Waals surface area contributed by atoms with Gasteiger partial charge in [-0.25, -0.2) is 4.79 Å². The van der Waals surface area contributed by atoms with Crippen molar-refractivity contribution in [3.8, 4) is 0 Å². The summed E-state index contributed by atoms with van der Waals surface area (Å²) in [5.41, 5.74) is 1.02. The zero-order valence-electron chi connectivity index (χ0n) is 9.59. The fourth-order valence-electron chi connectivity index (χ4n) is 1.66. The molecule has 4 nitrogen and oxygen atoms in total. The van der Waals surface area contributed by atoms with Gasteiger partial charge in [0.25, 0.3) is 0 Å². The summed E-state index contributed by atoms with van der Waals surface area (Å²) in [5.74, 6) is 0. The van der Waals surface area contributed by atoms with Crippen molar-refractivity contribution in [1.29, 1.82) is 0 Å². The molecule has 1 N–H and O–H groups in total. The monoisotopic (exact) mass is 300 g/mol. The van der Waals surface area contributed by atoms with Crippen molar-refractivity contribution in [3.05, 3.63) is 35.9 Å². The molecule has 1 aliphatic rings. The van der Waals surface area contributed by atoms with E-state index in [9.17, 15) is 4.79 Å². The molecule has 0 radical (unpaired) electrons. The summed E-state index contributed by atoms with van der Waals surface area (Å²) in [4.78, 5) is 13.4. The summed E-state index contributed by atoms with van der Waals surface area (Å²) >= 11 is 0. The van der Waals surface area contributed by atoms with Crippen LogP contribution in [-0.2, 0) is 11.3 Å². The van der Waals surface area contributed by atoms with E-state index in [0.717, 1.165) is 31.7 Å². The van der Waals surface area contributed by atoms with Gasteiger partial charge in [0.2, 0.25) is 0 Å². The Kier molecular flexibility index (Phi) is 6.00. The predicted molar refractivity (Wildman–Crippen MR) is 71.4 cm³/mol. The lowest BCUT2D eigenvalue weighted by Crippen LogP contribution is -2.46. The number of rotatable bonds is 2. The Labute approximate surface area is 112 Å². The van der Waals surface area contributed by atoms with E-state index in [4.69, 9.17) is 4.74 Å². The maximum Gasteiger partial charge on any atom is 0.410 e. The van der Waals surface area contributed by atoms with Crippen LogP contribution in [0.1, 0.15) is 5.56 Å². The molecule has 1 aromatic carbocycles. The molecule has 17 heavy (non-hydrogen) atoms. The van der Waals surface area contributed by atoms with Gasteiger partial charge in [0, 0.05) is 26.2 Å². The summed E-state index contributed by atoms with van der Waals surface area (Å²) in [5, 5.41) is 3.19. The molecule has 5 heteroatoms. The van der Waals surface area contributed by atoms with Crippen molar-refractivity contribution < 1.29 is 9.53 Å². The average molecular weight is 301 g/mol. The molecule has 1 aromatic rings. The number of benzene rings is 1. The highest BCUT2D eigenvalue weighted by atomic mass is 79.9. The zero-order chi connectivity index (χ0) is 11.2. The van der Waals surface area contributed by atoms with Gasteiger partial charge < -0.3 is 15.0 Å². The molecule has 94 valence electrons. The van der Waals surface area contributed by atoms with Crippen LogP contribution in [0.15, 0.2) is 30.3 Å². The Hall–Kier alpha value is -1.07. The first kappa shape index (κ1) is 14.0. The smallest absolute Gasteiger partial charge is 0.410 e. The van der Waals surface area contributed by atoms with Gasteiger partial charge in [0.1, 0.15) is 6.61 Å². The minimum Gasteiger partial charge on any atom is -0.445 e. The molecule has 0 aromatic heterocycles. The maximum atomic E-state index is 11.6. The number of carbonyl (C=O) groups excluding carboxylic acids is 1. The third-order valence-corrected chi connectivity index (χ3v) is 2.58. The number of halogens is 1. The molecule has 1 saturated heterocycles. The maximum absolute atomic E-state index is 11.6. The summed E-state index contributed by atoms with van der Waals surface area (Å²) in [6, 6.07) is 9.72. The molecule has 1 fully saturated rings. The van der Waals surface area contributed by atoms with E-state index in [1.807, 2.05) is 30.3 Å². The highest BCUT2D eigenvalue weighted by Gasteiger charge is 2.16. The molecule has 0 spiro atoms. The zero-order valence-corrected chi connectivity index (χ0v) is 11.3. The average Bonchev–Trinajstić information content (AvgIpc) is 2.38. The summed E-state index contributed by atoms with van der Waals surface area (Å²) in [6.07, 6.45) is -0.217. The Morgan fingerprint density at radius 2 is 1.88 bits per heavy atom. The standard InChI is InChI=1S/C12H16N2O2.BrH/c15-12(14-8-6-13-7-9-14)16-10-11-4-2-1-3-5-11;/h1-5,13H,6-10H2;1H. The molecule has 1 amide bonds. The van der Waals surface area contributed by atoms with Crippen LogP contribution in [0.5, 0.6) is 0 Å². The van der Waals surface area contributed by atoms with Crippen LogP contribution in [0.4, 0.5) is 4.79 Å². The van der Waals surface area contributed by atoms with Crippen LogP contribution in [0.2, 0.25) is 0 Å². The number of carbonyl (C=O) groups is 1. The SMILES string of the molecule is Br.O=C(OCc1ccccc1)N1CCNCC1. The minimum atomic E-state index is -0.217. The van der Waals surface area contributed by atoms with E-state index in [-0.39, 0.29) is 23.1 Å². The van der Waals surface area contributed by atoms with Gasteiger partial charge >= 0.3 is 6.09 Å². The van der Waals surface area contributed by atoms with Crippen LogP contribution < -0.4 is 5.32 Å². The number of nitrogens with zero attached hydrogens (tertiary/aromatic N) is 1. The molecule has 0 aliphatic carbocycles. The van der Waals surface area contributed by atoms with E-state index < -0.39 is 0 Å². The Morgan fingerprint density at radius 1 is 1.24 bits per heavy atom. The minimum absolute atomic E-state index is 0. The largest absolute Gasteiger partial charge is 0.445 e. The second kappa shape index (κ2) is 7.29. The van der Waals surface area contributed by atoms with Crippen molar-refractivity contribution in [2.75, 3.05) is 26.2 Å². The number of amides is 1. The van der Waals surface area contributed by atoms with Crippen LogP contribution in [0.3, 0.4) is 0 Å². The van der Waals surface area contributed by atoms with Crippen LogP contribution >= 0.6 is 17.0 Å². The molecular weight excluding hydrogens is 284 g/mol. The lowest BCUT2D eigenvalue weighted by molar-refractivity contribution is 0.0918. The summed E-state index contributed by atoms with van der Waals surface area (Å²) in [7, 11) is 0. The highest BCUT2D eigenvalue weighted by molar-refractivity contribution is 8.93. The first-order chi connectivity index (χ1) is 7.86. The van der Waals surface area contributed by atoms with Gasteiger partial charge in [-0.1, -0.05) is 30.3 Å². The number of hydrogen-bond acceptors (Lipinski definition) is 3. The molecule has 0 saturated carbocycles. The van der Waals surface area contributed by atoms with Gasteiger partial charge in [0.05, 0.1) is 0 Å². The third kappa shape index (κ3) is 4.36. The van der Waals surface area contributed by atoms with Crippen molar-refractivity contribution in [1.82, 2.24) is 10.2 Å². The van der Waals surface area contributed by atoms with Crippen molar-refractivity contribution >= 4 is 23.1 Å². The first-order valence-corrected chi connectivity index (χ1v) is 5.52. The summed E-state index contributed by atoms with van der Waals surface area (Å²) < 4.78 is 5.23. The Bertz CT molecular complexity index is 340. The second-order valence-corrected chi connectivity index (χ2v) is 3.78. The lowest BCUT2D eigenvalue weighted by Gasteiger charge is -2.26. The number of hydrogen-bond donors (Lipinski definition) is 1. The van der Waals surface area contributed by atoms with Gasteiger partial charge in [-0.15, -0.1) is 17.0 Å². The number of ether oxygens (including phenoxy) is 1. The van der Waals surface area contributed by atoms with E-state index >= 15 is 0 Å². The van der Waals surface area contributed by atoms with Crippen molar-refractivity contribution in [2.45, 2.75) is 6.61 Å². The van der Waals surface area contributed by atoms with Gasteiger partial charge in [-0.3, -0.25) is 0 Å². The van der Waals surface area contributed by atoms with Crippen LogP contribution in [0, 0.1) is 0 Å². The number of piperazine rings is 1. The van der Waals surface area contributed by atoms with Gasteiger partial charge in [-0.05, 0) is 5.56 Å². The fourth-order valence-corrected chi connectivity index (χ4v) is 1.66. The van der Waals surface area contributed by atoms with Crippen LogP contribution in [0.25, 0.3) is 0 Å². The van der Waals surface area contributed by atoms with Crippen LogP contribution in [-0.4, -0.2) is 37.2 Å².